The van der Waals surface area contributed by atoms with E-state index in [9.17, 15) is 4.79 Å². The van der Waals surface area contributed by atoms with Crippen LogP contribution in [0.1, 0.15) is 0 Å². The summed E-state index contributed by atoms with van der Waals surface area (Å²) in [7, 11) is 0. The van der Waals surface area contributed by atoms with Crippen molar-refractivity contribution < 1.29 is 30.3 Å². The second-order valence-electron chi connectivity index (χ2n) is 2.31. The molecule has 0 amide bonds. The number of carbonyl (C=O) groups is 1. The van der Waals surface area contributed by atoms with Crippen LogP contribution in [-0.4, -0.2) is 92.4 Å². The van der Waals surface area contributed by atoms with Crippen molar-refractivity contribution in [1.29, 1.82) is 0 Å². The van der Waals surface area contributed by atoms with Gasteiger partial charge in [0.15, 0.2) is 5.78 Å². The Morgan fingerprint density at radius 3 is 1.92 bits per heavy atom. The van der Waals surface area contributed by atoms with Crippen LogP contribution < -0.4 is 0 Å². The quantitative estimate of drug-likeness (QED) is 0.291. The van der Waals surface area contributed by atoms with Crippen LogP contribution in [0.25, 0.3) is 0 Å². The molecular formula is C6H13NaO6. The van der Waals surface area contributed by atoms with Gasteiger partial charge in [-0.25, -0.2) is 0 Å². The first kappa shape index (κ1) is 15.9. The Kier molecular flexibility index (Phi) is 9.60. The molecule has 3 atom stereocenters. The summed E-state index contributed by atoms with van der Waals surface area (Å²) in [6.45, 7) is -1.69. The zero-order chi connectivity index (χ0) is 9.72. The van der Waals surface area contributed by atoms with Crippen LogP contribution >= 0.6 is 0 Å². The van der Waals surface area contributed by atoms with E-state index in [4.69, 9.17) is 25.5 Å². The molecule has 0 aromatic rings. The number of carbonyl (C=O) groups excluding carboxylic acids is 1. The molecule has 5 N–H and O–H groups in total. The molecule has 0 aromatic carbocycles. The molecule has 0 aromatic heterocycles. The van der Waals surface area contributed by atoms with Crippen LogP contribution in [0.2, 0.25) is 0 Å². The van der Waals surface area contributed by atoms with E-state index in [0.717, 1.165) is 0 Å². The van der Waals surface area contributed by atoms with Crippen molar-refractivity contribution in [1.82, 2.24) is 0 Å². The van der Waals surface area contributed by atoms with Crippen molar-refractivity contribution in [2.45, 2.75) is 18.3 Å². The van der Waals surface area contributed by atoms with E-state index in [2.05, 4.69) is 0 Å². The van der Waals surface area contributed by atoms with Crippen molar-refractivity contribution in [2.24, 2.45) is 0 Å². The number of hydrogen-bond donors (Lipinski definition) is 5. The molecule has 0 rings (SSSR count). The first-order valence-electron chi connectivity index (χ1n) is 3.33. The molecule has 0 saturated heterocycles. The van der Waals surface area contributed by atoms with Gasteiger partial charge in [-0.3, -0.25) is 4.79 Å². The van der Waals surface area contributed by atoms with E-state index < -0.39 is 37.3 Å². The first-order valence-corrected chi connectivity index (χ1v) is 3.33. The van der Waals surface area contributed by atoms with Gasteiger partial charge in [0.2, 0.25) is 0 Å². The molecule has 0 heterocycles. The van der Waals surface area contributed by atoms with Gasteiger partial charge in [-0.15, -0.1) is 0 Å². The Hall–Kier alpha value is 0.470. The average Bonchev–Trinajstić information content (AvgIpc) is 2.12. The van der Waals surface area contributed by atoms with Gasteiger partial charge in [0.05, 0.1) is 6.61 Å². The predicted octanol–water partition coefficient (Wildman–Crippen LogP) is -4.03. The Morgan fingerprint density at radius 1 is 1.15 bits per heavy atom. The standard InChI is InChI=1S/C6H12O6.Na.H/c7-1-3(9)5(11)6(12)4(10)2-8;;/h3,5-9,11-12H,1-2H2;;/t3-,5+,6+;;/m1../s1. The molecule has 0 aliphatic carbocycles. The van der Waals surface area contributed by atoms with E-state index in [1.165, 1.54) is 0 Å². The number of hydrogen-bond acceptors (Lipinski definition) is 6. The molecule has 0 unspecified atom stereocenters. The molecule has 13 heavy (non-hydrogen) atoms. The van der Waals surface area contributed by atoms with E-state index >= 15 is 0 Å². The molecule has 74 valence electrons. The molecule has 0 aliphatic rings. The third-order valence-corrected chi connectivity index (χ3v) is 1.39. The maximum atomic E-state index is 10.5. The third-order valence-electron chi connectivity index (χ3n) is 1.39. The van der Waals surface area contributed by atoms with Crippen LogP contribution in [0.3, 0.4) is 0 Å². The van der Waals surface area contributed by atoms with E-state index in [1.807, 2.05) is 0 Å². The zero-order valence-corrected chi connectivity index (χ0v) is 6.29. The van der Waals surface area contributed by atoms with Gasteiger partial charge in [-0.05, 0) is 0 Å². The van der Waals surface area contributed by atoms with Gasteiger partial charge in [0.25, 0.3) is 0 Å². The maximum absolute atomic E-state index is 10.5. The Bertz CT molecular complexity index is 152. The van der Waals surface area contributed by atoms with Crippen molar-refractivity contribution in [3.05, 3.63) is 0 Å². The van der Waals surface area contributed by atoms with E-state index in [-0.39, 0.29) is 29.6 Å². The molecule has 7 heteroatoms. The molecule has 0 aliphatic heterocycles. The normalized spacial score (nSPS) is 17.0. The number of ketones is 1. The number of rotatable bonds is 5. The molecule has 0 bridgehead atoms. The van der Waals surface area contributed by atoms with Crippen LogP contribution in [0.15, 0.2) is 0 Å². The Morgan fingerprint density at radius 2 is 1.62 bits per heavy atom. The molecule has 0 radical (unpaired) electrons. The second-order valence-corrected chi connectivity index (χ2v) is 2.31. The van der Waals surface area contributed by atoms with Gasteiger partial charge < -0.3 is 25.5 Å². The van der Waals surface area contributed by atoms with Gasteiger partial charge in [0, 0.05) is 0 Å². The van der Waals surface area contributed by atoms with Crippen molar-refractivity contribution in [2.75, 3.05) is 13.2 Å². The first-order chi connectivity index (χ1) is 5.54. The van der Waals surface area contributed by atoms with Gasteiger partial charge >= 0.3 is 29.6 Å². The third kappa shape index (κ3) is 5.04. The number of Topliss-reactive ketones (excluding diaryl/α,β-unsaturated/α-hetero) is 1. The van der Waals surface area contributed by atoms with Crippen LogP contribution in [0.4, 0.5) is 0 Å². The fourth-order valence-electron chi connectivity index (χ4n) is 0.602. The predicted molar refractivity (Wildman–Crippen MR) is 44.3 cm³/mol. The van der Waals surface area contributed by atoms with Gasteiger partial charge in [0.1, 0.15) is 24.9 Å². The minimum absolute atomic E-state index is 0. The SMILES string of the molecule is O=C(CO)[C@H](O)[C@@H](O)[C@H](O)CO.[NaH]. The summed E-state index contributed by atoms with van der Waals surface area (Å²) in [5.74, 6) is -1.00. The summed E-state index contributed by atoms with van der Waals surface area (Å²) in [5, 5.41) is 43.1. The summed E-state index contributed by atoms with van der Waals surface area (Å²) in [6.07, 6.45) is -5.22. The Labute approximate surface area is 97.1 Å². The molecule has 6 nitrogen and oxygen atoms in total. The fourth-order valence-corrected chi connectivity index (χ4v) is 0.602. The molecule has 0 spiro atoms. The van der Waals surface area contributed by atoms with Crippen molar-refractivity contribution in [3.63, 3.8) is 0 Å². The number of aliphatic hydroxyl groups is 5. The monoisotopic (exact) mass is 204 g/mol. The average molecular weight is 204 g/mol. The summed E-state index contributed by atoms with van der Waals surface area (Å²) >= 11 is 0. The summed E-state index contributed by atoms with van der Waals surface area (Å²) < 4.78 is 0. The summed E-state index contributed by atoms with van der Waals surface area (Å²) in [4.78, 5) is 10.5. The second kappa shape index (κ2) is 7.84. The molecule has 0 fully saturated rings. The van der Waals surface area contributed by atoms with Gasteiger partial charge in [-0.2, -0.15) is 0 Å². The Balaban J connectivity index is 0. The zero-order valence-electron chi connectivity index (χ0n) is 6.29. The van der Waals surface area contributed by atoms with E-state index in [0.29, 0.717) is 0 Å². The van der Waals surface area contributed by atoms with Crippen molar-refractivity contribution in [3.8, 4) is 0 Å². The minimum atomic E-state index is -1.86. The van der Waals surface area contributed by atoms with Crippen LogP contribution in [-0.2, 0) is 4.79 Å². The molecule has 0 saturated carbocycles. The van der Waals surface area contributed by atoms with E-state index in [1.54, 1.807) is 0 Å². The fraction of sp³-hybridized carbons (Fsp3) is 0.833. The van der Waals surface area contributed by atoms with Gasteiger partial charge in [-0.1, -0.05) is 0 Å². The number of aliphatic hydroxyl groups excluding tert-OH is 5. The van der Waals surface area contributed by atoms with Crippen LogP contribution in [0.5, 0.6) is 0 Å². The summed E-state index contributed by atoms with van der Waals surface area (Å²) in [5.41, 5.74) is 0. The molecular weight excluding hydrogens is 191 g/mol. The topological polar surface area (TPSA) is 118 Å². The van der Waals surface area contributed by atoms with Crippen LogP contribution in [0, 0.1) is 0 Å². The van der Waals surface area contributed by atoms with Crippen molar-refractivity contribution >= 4 is 35.3 Å². The summed E-state index contributed by atoms with van der Waals surface area (Å²) in [6, 6.07) is 0.